The van der Waals surface area contributed by atoms with Crippen LogP contribution in [0.2, 0.25) is 0 Å². The Labute approximate surface area is 206 Å². The molecular formula is C26H27BrN4O3. The first-order valence-electron chi connectivity index (χ1n) is 11.1. The van der Waals surface area contributed by atoms with Gasteiger partial charge in [0.15, 0.2) is 0 Å². The van der Waals surface area contributed by atoms with Crippen molar-refractivity contribution in [3.05, 3.63) is 74.9 Å². The molecule has 0 radical (unpaired) electrons. The zero-order chi connectivity index (χ0) is 24.6. The van der Waals surface area contributed by atoms with Gasteiger partial charge in [0.25, 0.3) is 5.56 Å². The molecule has 0 fully saturated rings. The maximum atomic E-state index is 13.4. The molecule has 4 aromatic rings. The third-order valence-corrected chi connectivity index (χ3v) is 6.10. The molecule has 0 amide bonds. The van der Waals surface area contributed by atoms with E-state index < -0.39 is 11.5 Å². The topological polar surface area (TPSA) is 78.5 Å². The molecular weight excluding hydrogens is 496 g/mol. The number of aromatic nitrogens is 3. The molecule has 4 rings (SSSR count). The van der Waals surface area contributed by atoms with E-state index in [0.717, 1.165) is 20.9 Å². The van der Waals surface area contributed by atoms with E-state index in [1.165, 1.54) is 4.68 Å². The monoisotopic (exact) mass is 522 g/mol. The number of halogens is 1. The van der Waals surface area contributed by atoms with E-state index in [1.807, 2.05) is 67.9 Å². The van der Waals surface area contributed by atoms with Gasteiger partial charge in [-0.3, -0.25) is 4.79 Å². The molecule has 0 aliphatic heterocycles. The third-order valence-electron chi connectivity index (χ3n) is 5.61. The second kappa shape index (κ2) is 9.18. The lowest BCUT2D eigenvalue weighted by Crippen LogP contribution is -2.29. The molecule has 0 aliphatic rings. The molecule has 2 aromatic carbocycles. The van der Waals surface area contributed by atoms with E-state index in [2.05, 4.69) is 21.0 Å². The van der Waals surface area contributed by atoms with Crippen LogP contribution >= 0.6 is 15.9 Å². The number of ether oxygens (including phenoxy) is 1. The fourth-order valence-corrected chi connectivity index (χ4v) is 4.25. The molecule has 0 saturated carbocycles. The standard InChI is InChI=1S/C26H27BrN4O3/c1-6-34-24(33)16(2)30-15-17(19-9-7-8-10-22(19)30)14-28-31-23(32)20-13-18(27)11-12-21(20)29-25(31)26(3,4)5/h7-16H,6H2,1-5H3/t16-/m1/s1. The summed E-state index contributed by atoms with van der Waals surface area (Å²) < 4.78 is 9.26. The first-order valence-corrected chi connectivity index (χ1v) is 11.9. The Kier molecular flexibility index (Phi) is 6.45. The minimum atomic E-state index is -0.500. The first kappa shape index (κ1) is 23.9. The SMILES string of the molecule is CCOC(=O)[C@@H](C)n1cc(C=Nn2c(C(C)(C)C)nc3ccc(Br)cc3c2=O)c2ccccc21. The van der Waals surface area contributed by atoms with Crippen LogP contribution < -0.4 is 5.56 Å². The van der Waals surface area contributed by atoms with Gasteiger partial charge in [-0.25, -0.2) is 9.78 Å². The molecule has 0 unspecified atom stereocenters. The van der Waals surface area contributed by atoms with Crippen molar-refractivity contribution in [2.24, 2.45) is 5.10 Å². The van der Waals surface area contributed by atoms with Gasteiger partial charge in [-0.05, 0) is 38.1 Å². The van der Waals surface area contributed by atoms with Crippen LogP contribution in [0.1, 0.15) is 52.0 Å². The van der Waals surface area contributed by atoms with Gasteiger partial charge in [0.05, 0.1) is 23.7 Å². The second-order valence-corrected chi connectivity index (χ2v) is 10.1. The van der Waals surface area contributed by atoms with Crippen molar-refractivity contribution in [3.8, 4) is 0 Å². The van der Waals surface area contributed by atoms with Crippen molar-refractivity contribution in [2.75, 3.05) is 6.61 Å². The Balaban J connectivity index is 1.88. The fraction of sp³-hybridized carbons (Fsp3) is 0.308. The van der Waals surface area contributed by atoms with Crippen LogP contribution in [0.15, 0.2) is 63.0 Å². The highest BCUT2D eigenvalue weighted by Crippen LogP contribution is 2.26. The highest BCUT2D eigenvalue weighted by molar-refractivity contribution is 9.10. The molecule has 2 aromatic heterocycles. The van der Waals surface area contributed by atoms with Crippen LogP contribution in [0.5, 0.6) is 0 Å². The predicted octanol–water partition coefficient (Wildman–Crippen LogP) is 5.42. The molecule has 2 heterocycles. The lowest BCUT2D eigenvalue weighted by Gasteiger charge is -2.20. The van der Waals surface area contributed by atoms with Crippen LogP contribution in [-0.2, 0) is 14.9 Å². The van der Waals surface area contributed by atoms with E-state index in [9.17, 15) is 9.59 Å². The molecule has 8 heteroatoms. The van der Waals surface area contributed by atoms with Gasteiger partial charge in [0, 0.05) is 32.6 Å². The Morgan fingerprint density at radius 3 is 2.65 bits per heavy atom. The maximum Gasteiger partial charge on any atom is 0.328 e. The van der Waals surface area contributed by atoms with Gasteiger partial charge in [-0.1, -0.05) is 54.9 Å². The van der Waals surface area contributed by atoms with E-state index in [0.29, 0.717) is 23.3 Å². The molecule has 1 atom stereocenters. The Morgan fingerprint density at radius 1 is 1.21 bits per heavy atom. The molecule has 0 saturated heterocycles. The Morgan fingerprint density at radius 2 is 1.94 bits per heavy atom. The summed E-state index contributed by atoms with van der Waals surface area (Å²) in [6.45, 7) is 9.91. The summed E-state index contributed by atoms with van der Waals surface area (Å²) in [6, 6.07) is 12.7. The molecule has 176 valence electrons. The van der Waals surface area contributed by atoms with Crippen LogP contribution in [-0.4, -0.2) is 33.0 Å². The van der Waals surface area contributed by atoms with Crippen LogP contribution in [0.3, 0.4) is 0 Å². The van der Waals surface area contributed by atoms with E-state index >= 15 is 0 Å². The number of carbonyl (C=O) groups excluding carboxylic acids is 1. The lowest BCUT2D eigenvalue weighted by molar-refractivity contribution is -0.146. The molecule has 34 heavy (non-hydrogen) atoms. The van der Waals surface area contributed by atoms with Gasteiger partial charge in [-0.15, -0.1) is 0 Å². The van der Waals surface area contributed by atoms with Gasteiger partial charge >= 0.3 is 5.97 Å². The molecule has 0 spiro atoms. The summed E-state index contributed by atoms with van der Waals surface area (Å²) in [5.74, 6) is 0.259. The summed E-state index contributed by atoms with van der Waals surface area (Å²) in [5.41, 5.74) is 1.64. The van der Waals surface area contributed by atoms with Crippen molar-refractivity contribution in [1.82, 2.24) is 14.2 Å². The summed E-state index contributed by atoms with van der Waals surface area (Å²) in [7, 11) is 0. The molecule has 0 N–H and O–H groups in total. The third kappa shape index (κ3) is 4.42. The number of esters is 1. The number of carbonyl (C=O) groups is 1. The fourth-order valence-electron chi connectivity index (χ4n) is 3.89. The number of benzene rings is 2. The van der Waals surface area contributed by atoms with Crippen molar-refractivity contribution < 1.29 is 9.53 Å². The van der Waals surface area contributed by atoms with E-state index in [-0.39, 0.29) is 11.5 Å². The average molecular weight is 523 g/mol. The zero-order valence-corrected chi connectivity index (χ0v) is 21.5. The highest BCUT2D eigenvalue weighted by Gasteiger charge is 2.23. The smallest absolute Gasteiger partial charge is 0.328 e. The van der Waals surface area contributed by atoms with E-state index in [4.69, 9.17) is 9.72 Å². The Bertz CT molecular complexity index is 1480. The zero-order valence-electron chi connectivity index (χ0n) is 19.9. The number of hydrogen-bond donors (Lipinski definition) is 0. The maximum absolute atomic E-state index is 13.4. The summed E-state index contributed by atoms with van der Waals surface area (Å²) in [6.07, 6.45) is 3.52. The summed E-state index contributed by atoms with van der Waals surface area (Å²) >= 11 is 3.44. The number of rotatable bonds is 5. The number of para-hydroxylation sites is 1. The number of fused-ring (bicyclic) bond motifs is 2. The van der Waals surface area contributed by atoms with Crippen molar-refractivity contribution in [2.45, 2.75) is 46.1 Å². The normalized spacial score (nSPS) is 13.1. The van der Waals surface area contributed by atoms with Gasteiger partial charge < -0.3 is 9.30 Å². The van der Waals surface area contributed by atoms with Crippen LogP contribution in [0, 0.1) is 0 Å². The second-order valence-electron chi connectivity index (χ2n) is 9.15. The Hall–Kier alpha value is -3.26. The minimum absolute atomic E-state index is 0.240. The quantitative estimate of drug-likeness (QED) is 0.259. The lowest BCUT2D eigenvalue weighted by atomic mass is 9.95. The van der Waals surface area contributed by atoms with Crippen molar-refractivity contribution >= 4 is 49.9 Å². The molecule has 0 bridgehead atoms. The van der Waals surface area contributed by atoms with Crippen molar-refractivity contribution in [1.29, 1.82) is 0 Å². The highest BCUT2D eigenvalue weighted by atomic mass is 79.9. The van der Waals surface area contributed by atoms with Crippen molar-refractivity contribution in [3.63, 3.8) is 0 Å². The van der Waals surface area contributed by atoms with Gasteiger partial charge in [-0.2, -0.15) is 9.78 Å². The molecule has 0 aliphatic carbocycles. The number of hydrogen-bond acceptors (Lipinski definition) is 5. The summed E-state index contributed by atoms with van der Waals surface area (Å²) in [5, 5.41) is 6.00. The first-order chi connectivity index (χ1) is 16.1. The number of nitrogens with zero attached hydrogens (tertiary/aromatic N) is 4. The van der Waals surface area contributed by atoms with Gasteiger partial charge in [0.1, 0.15) is 11.9 Å². The van der Waals surface area contributed by atoms with Gasteiger partial charge in [0.2, 0.25) is 0 Å². The minimum Gasteiger partial charge on any atom is -0.464 e. The van der Waals surface area contributed by atoms with E-state index in [1.54, 1.807) is 26.1 Å². The largest absolute Gasteiger partial charge is 0.464 e. The molecule has 7 nitrogen and oxygen atoms in total. The average Bonchev–Trinajstić information content (AvgIpc) is 3.16. The summed E-state index contributed by atoms with van der Waals surface area (Å²) in [4.78, 5) is 30.6. The van der Waals surface area contributed by atoms with Crippen LogP contribution in [0.25, 0.3) is 21.8 Å². The van der Waals surface area contributed by atoms with Crippen LogP contribution in [0.4, 0.5) is 0 Å². The predicted molar refractivity (Wildman–Crippen MR) is 139 cm³/mol.